The van der Waals surface area contributed by atoms with Gasteiger partial charge in [0.05, 0.1) is 6.21 Å². The Morgan fingerprint density at radius 3 is 2.68 bits per heavy atom. The van der Waals surface area contributed by atoms with Gasteiger partial charge in [0.1, 0.15) is 11.6 Å². The Morgan fingerprint density at radius 2 is 2.11 bits per heavy atom. The predicted octanol–water partition coefficient (Wildman–Crippen LogP) is 2.59. The van der Waals surface area contributed by atoms with E-state index in [1.165, 1.54) is 9.55 Å². The van der Waals surface area contributed by atoms with E-state index in [0.717, 1.165) is 4.88 Å². The summed E-state index contributed by atoms with van der Waals surface area (Å²) in [4.78, 5) is 14.3. The zero-order chi connectivity index (χ0) is 14.0. The SMILES string of the molecule is Cc1ccc(/C=N\n2c(C)cc(C)c(C#N)c2=O)s1. The maximum absolute atomic E-state index is 12.1. The molecule has 0 radical (unpaired) electrons. The highest BCUT2D eigenvalue weighted by molar-refractivity contribution is 7.13. The first kappa shape index (κ1) is 13.2. The van der Waals surface area contributed by atoms with Crippen LogP contribution in [-0.4, -0.2) is 10.9 Å². The highest BCUT2D eigenvalue weighted by Gasteiger charge is 2.08. The summed E-state index contributed by atoms with van der Waals surface area (Å²) < 4.78 is 1.26. The molecule has 0 unspecified atom stereocenters. The molecule has 2 aromatic heterocycles. The van der Waals surface area contributed by atoms with E-state index in [1.807, 2.05) is 25.1 Å². The lowest BCUT2D eigenvalue weighted by molar-refractivity contribution is 0.787. The number of nitriles is 1. The maximum atomic E-state index is 12.1. The van der Waals surface area contributed by atoms with Crippen LogP contribution in [-0.2, 0) is 0 Å². The van der Waals surface area contributed by atoms with Crippen molar-refractivity contribution in [1.29, 1.82) is 5.26 Å². The Kier molecular flexibility index (Phi) is 3.63. The van der Waals surface area contributed by atoms with Crippen molar-refractivity contribution in [1.82, 2.24) is 4.68 Å². The van der Waals surface area contributed by atoms with Crippen LogP contribution in [0.4, 0.5) is 0 Å². The van der Waals surface area contributed by atoms with Crippen molar-refractivity contribution in [2.24, 2.45) is 5.10 Å². The summed E-state index contributed by atoms with van der Waals surface area (Å²) in [5.41, 5.74) is 1.17. The molecule has 96 valence electrons. The van der Waals surface area contributed by atoms with E-state index in [-0.39, 0.29) is 11.1 Å². The van der Waals surface area contributed by atoms with Crippen molar-refractivity contribution in [2.75, 3.05) is 0 Å². The topological polar surface area (TPSA) is 58.1 Å². The van der Waals surface area contributed by atoms with Crippen LogP contribution in [0.3, 0.4) is 0 Å². The van der Waals surface area contributed by atoms with Gasteiger partial charge in [0.25, 0.3) is 5.56 Å². The first-order chi connectivity index (χ1) is 9.02. The molecule has 4 nitrogen and oxygen atoms in total. The van der Waals surface area contributed by atoms with Gasteiger partial charge < -0.3 is 0 Å². The average Bonchev–Trinajstić information content (AvgIpc) is 2.75. The number of rotatable bonds is 2. The molecule has 0 saturated heterocycles. The minimum Gasteiger partial charge on any atom is -0.266 e. The molecular weight excluding hydrogens is 258 g/mol. The maximum Gasteiger partial charge on any atom is 0.289 e. The standard InChI is InChI=1S/C14H13N3OS/c1-9-6-10(2)17(14(18)13(9)7-15)16-8-12-5-4-11(3)19-12/h4-6,8H,1-3H3/b16-8-. The molecule has 0 N–H and O–H groups in total. The predicted molar refractivity (Wildman–Crippen MR) is 76.9 cm³/mol. The molecule has 2 rings (SSSR count). The lowest BCUT2D eigenvalue weighted by atomic mass is 10.1. The van der Waals surface area contributed by atoms with Gasteiger partial charge in [-0.15, -0.1) is 11.3 Å². The van der Waals surface area contributed by atoms with Crippen molar-refractivity contribution in [3.8, 4) is 6.07 Å². The number of thiophene rings is 1. The van der Waals surface area contributed by atoms with Gasteiger partial charge in [-0.3, -0.25) is 4.79 Å². The Hall–Kier alpha value is -2.19. The van der Waals surface area contributed by atoms with Gasteiger partial charge in [-0.1, -0.05) is 0 Å². The monoisotopic (exact) mass is 271 g/mol. The summed E-state index contributed by atoms with van der Waals surface area (Å²) >= 11 is 1.60. The second-order valence-electron chi connectivity index (χ2n) is 4.27. The van der Waals surface area contributed by atoms with Gasteiger partial charge in [0.15, 0.2) is 0 Å². The van der Waals surface area contributed by atoms with E-state index in [0.29, 0.717) is 11.3 Å². The Morgan fingerprint density at radius 1 is 1.37 bits per heavy atom. The second-order valence-corrected chi connectivity index (χ2v) is 5.58. The Labute approximate surface area is 115 Å². The number of hydrogen-bond donors (Lipinski definition) is 0. The zero-order valence-corrected chi connectivity index (χ0v) is 11.8. The summed E-state index contributed by atoms with van der Waals surface area (Å²) in [5.74, 6) is 0. The van der Waals surface area contributed by atoms with Gasteiger partial charge in [-0.2, -0.15) is 10.4 Å². The molecule has 0 spiro atoms. The third-order valence-corrected chi connectivity index (χ3v) is 3.67. The first-order valence-corrected chi connectivity index (χ1v) is 6.58. The molecule has 0 saturated carbocycles. The summed E-state index contributed by atoms with van der Waals surface area (Å²) in [6.45, 7) is 5.56. The van der Waals surface area contributed by atoms with Gasteiger partial charge >= 0.3 is 0 Å². The van der Waals surface area contributed by atoms with Crippen LogP contribution in [0.15, 0.2) is 28.1 Å². The summed E-state index contributed by atoms with van der Waals surface area (Å²) in [6, 6.07) is 7.66. The summed E-state index contributed by atoms with van der Waals surface area (Å²) in [7, 11) is 0. The lowest BCUT2D eigenvalue weighted by Gasteiger charge is -2.05. The molecule has 0 aliphatic heterocycles. The smallest absolute Gasteiger partial charge is 0.266 e. The minimum absolute atomic E-state index is 0.144. The number of hydrogen-bond acceptors (Lipinski definition) is 4. The van der Waals surface area contributed by atoms with E-state index in [4.69, 9.17) is 5.26 Å². The van der Waals surface area contributed by atoms with E-state index >= 15 is 0 Å². The Balaban J connectivity index is 2.49. The van der Waals surface area contributed by atoms with Crippen LogP contribution in [0.2, 0.25) is 0 Å². The molecule has 0 aliphatic carbocycles. The van der Waals surface area contributed by atoms with E-state index in [9.17, 15) is 4.79 Å². The van der Waals surface area contributed by atoms with Gasteiger partial charge in [-0.25, -0.2) is 4.68 Å². The molecule has 0 aromatic carbocycles. The number of nitrogens with zero attached hydrogens (tertiary/aromatic N) is 3. The zero-order valence-electron chi connectivity index (χ0n) is 11.0. The highest BCUT2D eigenvalue weighted by atomic mass is 32.1. The van der Waals surface area contributed by atoms with Gasteiger partial charge in [-0.05, 0) is 44.5 Å². The number of aromatic nitrogens is 1. The molecule has 19 heavy (non-hydrogen) atoms. The second kappa shape index (κ2) is 5.21. The van der Waals surface area contributed by atoms with Crippen LogP contribution in [0.1, 0.15) is 26.6 Å². The normalized spacial score (nSPS) is 10.8. The van der Waals surface area contributed by atoms with Gasteiger partial charge in [0, 0.05) is 15.4 Å². The minimum atomic E-state index is -0.371. The fraction of sp³-hybridized carbons (Fsp3) is 0.214. The first-order valence-electron chi connectivity index (χ1n) is 5.77. The van der Waals surface area contributed by atoms with Crippen LogP contribution in [0, 0.1) is 32.1 Å². The van der Waals surface area contributed by atoms with Crippen molar-refractivity contribution < 1.29 is 0 Å². The largest absolute Gasteiger partial charge is 0.289 e. The molecule has 0 bridgehead atoms. The molecule has 5 heteroatoms. The van der Waals surface area contributed by atoms with Crippen LogP contribution in [0.5, 0.6) is 0 Å². The van der Waals surface area contributed by atoms with Crippen molar-refractivity contribution in [2.45, 2.75) is 20.8 Å². The molecular formula is C14H13N3OS. The third kappa shape index (κ3) is 2.64. The van der Waals surface area contributed by atoms with Gasteiger partial charge in [0.2, 0.25) is 0 Å². The van der Waals surface area contributed by atoms with Crippen molar-refractivity contribution in [3.63, 3.8) is 0 Å². The molecule has 0 amide bonds. The molecule has 0 fully saturated rings. The molecule has 0 aliphatic rings. The number of pyridine rings is 1. The molecule has 0 atom stereocenters. The highest BCUT2D eigenvalue weighted by Crippen LogP contribution is 2.12. The van der Waals surface area contributed by atoms with Crippen LogP contribution >= 0.6 is 11.3 Å². The summed E-state index contributed by atoms with van der Waals surface area (Å²) in [6.07, 6.45) is 1.64. The average molecular weight is 271 g/mol. The fourth-order valence-corrected chi connectivity index (χ4v) is 2.54. The lowest BCUT2D eigenvalue weighted by Crippen LogP contribution is -2.22. The van der Waals surface area contributed by atoms with Crippen LogP contribution < -0.4 is 5.56 Å². The fourth-order valence-electron chi connectivity index (χ4n) is 1.80. The summed E-state index contributed by atoms with van der Waals surface area (Å²) in [5, 5.41) is 13.2. The quantitative estimate of drug-likeness (QED) is 0.788. The van der Waals surface area contributed by atoms with E-state index in [1.54, 1.807) is 37.5 Å². The van der Waals surface area contributed by atoms with Crippen molar-refractivity contribution in [3.05, 3.63) is 55.1 Å². The van der Waals surface area contributed by atoms with Crippen molar-refractivity contribution >= 4 is 17.6 Å². The third-order valence-electron chi connectivity index (χ3n) is 2.73. The van der Waals surface area contributed by atoms with E-state index < -0.39 is 0 Å². The molecule has 2 aromatic rings. The number of aryl methyl sites for hydroxylation is 3. The van der Waals surface area contributed by atoms with E-state index in [2.05, 4.69) is 5.10 Å². The molecule has 2 heterocycles. The Bertz CT molecular complexity index is 747. The van der Waals surface area contributed by atoms with Crippen LogP contribution in [0.25, 0.3) is 0 Å².